The van der Waals surface area contributed by atoms with Crippen molar-refractivity contribution in [2.24, 2.45) is 0 Å². The molecule has 1 nitrogen and oxygen atoms in total. The summed E-state index contributed by atoms with van der Waals surface area (Å²) in [5, 5.41) is 3.70. The van der Waals surface area contributed by atoms with Crippen LogP contribution in [0.25, 0.3) is 0 Å². The van der Waals surface area contributed by atoms with E-state index in [1.54, 1.807) is 0 Å². The highest BCUT2D eigenvalue weighted by molar-refractivity contribution is 5.64. The Balaban J connectivity index is 1.88. The van der Waals surface area contributed by atoms with E-state index in [2.05, 4.69) is 62.5 Å². The molecule has 1 N–H and O–H groups in total. The molecular formula is C18H21N. The van der Waals surface area contributed by atoms with Gasteiger partial charge in [0.1, 0.15) is 0 Å². The fourth-order valence-corrected chi connectivity index (χ4v) is 2.87. The molecule has 2 aromatic rings. The third-order valence-electron chi connectivity index (χ3n) is 4.36. The zero-order valence-corrected chi connectivity index (χ0v) is 12.0. The van der Waals surface area contributed by atoms with Gasteiger partial charge in [-0.1, -0.05) is 43.3 Å². The number of anilines is 1. The van der Waals surface area contributed by atoms with E-state index in [9.17, 15) is 0 Å². The monoisotopic (exact) mass is 251 g/mol. The number of hydrogen-bond donors (Lipinski definition) is 1. The highest BCUT2D eigenvalue weighted by Gasteiger charge is 2.23. The summed E-state index contributed by atoms with van der Waals surface area (Å²) in [6, 6.07) is 14.0. The molecule has 0 saturated carbocycles. The quantitative estimate of drug-likeness (QED) is 0.824. The molecule has 0 aliphatic carbocycles. The van der Waals surface area contributed by atoms with E-state index in [1.807, 2.05) is 0 Å². The molecule has 2 aromatic carbocycles. The Labute approximate surface area is 115 Å². The van der Waals surface area contributed by atoms with Gasteiger partial charge >= 0.3 is 0 Å². The lowest BCUT2D eigenvalue weighted by molar-refractivity contribution is 0.823. The van der Waals surface area contributed by atoms with Crippen LogP contribution >= 0.6 is 0 Å². The Morgan fingerprint density at radius 1 is 1.05 bits per heavy atom. The van der Waals surface area contributed by atoms with Crippen LogP contribution in [0.15, 0.2) is 36.4 Å². The maximum atomic E-state index is 3.70. The van der Waals surface area contributed by atoms with Gasteiger partial charge in [0.05, 0.1) is 6.04 Å². The number of aryl methyl sites for hydroxylation is 2. The standard InChI is InChI=1S/C18H21N/c1-4-14-6-9-15(10-7-14)17-11-16-8-5-12(2)13(3)18(16)19-17/h5-10,17,19H,4,11H2,1-3H3. The van der Waals surface area contributed by atoms with Crippen LogP contribution in [-0.4, -0.2) is 0 Å². The van der Waals surface area contributed by atoms with E-state index < -0.39 is 0 Å². The minimum atomic E-state index is 0.432. The number of benzene rings is 2. The summed E-state index contributed by atoms with van der Waals surface area (Å²) in [7, 11) is 0. The molecule has 0 saturated heterocycles. The molecule has 0 spiro atoms. The van der Waals surface area contributed by atoms with Gasteiger partial charge in [0.25, 0.3) is 0 Å². The van der Waals surface area contributed by atoms with Crippen molar-refractivity contribution in [1.29, 1.82) is 0 Å². The van der Waals surface area contributed by atoms with E-state index in [4.69, 9.17) is 0 Å². The molecule has 0 amide bonds. The smallest absolute Gasteiger partial charge is 0.0555 e. The molecule has 1 aliphatic heterocycles. The number of fused-ring (bicyclic) bond motifs is 1. The van der Waals surface area contributed by atoms with Gasteiger partial charge in [-0.05, 0) is 54.5 Å². The largest absolute Gasteiger partial charge is 0.377 e. The summed E-state index contributed by atoms with van der Waals surface area (Å²) in [6.45, 7) is 6.59. The first kappa shape index (κ1) is 12.3. The molecule has 1 heterocycles. The average Bonchev–Trinajstić information content (AvgIpc) is 2.88. The topological polar surface area (TPSA) is 12.0 Å². The summed E-state index contributed by atoms with van der Waals surface area (Å²) in [6.07, 6.45) is 2.21. The SMILES string of the molecule is CCc1ccc(C2Cc3ccc(C)c(C)c3N2)cc1. The second kappa shape index (κ2) is 4.73. The van der Waals surface area contributed by atoms with Gasteiger partial charge in [-0.2, -0.15) is 0 Å². The van der Waals surface area contributed by atoms with E-state index in [1.165, 1.54) is 33.5 Å². The second-order valence-corrected chi connectivity index (χ2v) is 5.54. The summed E-state index contributed by atoms with van der Waals surface area (Å²) in [5.74, 6) is 0. The molecule has 19 heavy (non-hydrogen) atoms. The predicted molar refractivity (Wildman–Crippen MR) is 81.8 cm³/mol. The van der Waals surface area contributed by atoms with Gasteiger partial charge < -0.3 is 5.32 Å². The number of hydrogen-bond acceptors (Lipinski definition) is 1. The van der Waals surface area contributed by atoms with Gasteiger partial charge in [0, 0.05) is 5.69 Å². The average molecular weight is 251 g/mol. The van der Waals surface area contributed by atoms with Crippen molar-refractivity contribution < 1.29 is 0 Å². The Morgan fingerprint density at radius 2 is 1.79 bits per heavy atom. The normalized spacial score (nSPS) is 17.1. The van der Waals surface area contributed by atoms with Gasteiger partial charge in [-0.15, -0.1) is 0 Å². The van der Waals surface area contributed by atoms with Crippen LogP contribution in [0.3, 0.4) is 0 Å². The first-order valence-electron chi connectivity index (χ1n) is 7.13. The molecule has 98 valence electrons. The first-order chi connectivity index (χ1) is 9.19. The molecule has 1 unspecified atom stereocenters. The van der Waals surface area contributed by atoms with Crippen molar-refractivity contribution in [2.45, 2.75) is 39.7 Å². The zero-order valence-electron chi connectivity index (χ0n) is 12.0. The van der Waals surface area contributed by atoms with Crippen LogP contribution in [0.5, 0.6) is 0 Å². The molecule has 0 bridgehead atoms. The minimum absolute atomic E-state index is 0.432. The van der Waals surface area contributed by atoms with Gasteiger partial charge in [-0.25, -0.2) is 0 Å². The van der Waals surface area contributed by atoms with Crippen LogP contribution < -0.4 is 5.32 Å². The molecule has 1 heteroatoms. The third kappa shape index (κ3) is 2.14. The Kier molecular flexibility index (Phi) is 3.06. The van der Waals surface area contributed by atoms with Crippen molar-refractivity contribution in [2.75, 3.05) is 5.32 Å². The van der Waals surface area contributed by atoms with Gasteiger partial charge in [-0.3, -0.25) is 0 Å². The lowest BCUT2D eigenvalue weighted by atomic mass is 9.99. The van der Waals surface area contributed by atoms with Gasteiger partial charge in [0.15, 0.2) is 0 Å². The van der Waals surface area contributed by atoms with Crippen molar-refractivity contribution in [3.63, 3.8) is 0 Å². The van der Waals surface area contributed by atoms with E-state index in [-0.39, 0.29) is 0 Å². The van der Waals surface area contributed by atoms with Crippen LogP contribution in [0, 0.1) is 13.8 Å². The second-order valence-electron chi connectivity index (χ2n) is 5.54. The fourth-order valence-electron chi connectivity index (χ4n) is 2.87. The highest BCUT2D eigenvalue weighted by Crippen LogP contribution is 2.37. The van der Waals surface area contributed by atoms with Gasteiger partial charge in [0.2, 0.25) is 0 Å². The van der Waals surface area contributed by atoms with Crippen LogP contribution in [0.1, 0.15) is 40.8 Å². The molecule has 1 aliphatic rings. The predicted octanol–water partition coefficient (Wildman–Crippen LogP) is 4.58. The van der Waals surface area contributed by atoms with E-state index in [0.717, 1.165) is 12.8 Å². The molecular weight excluding hydrogens is 230 g/mol. The Hall–Kier alpha value is -1.76. The summed E-state index contributed by atoms with van der Waals surface area (Å²) in [5.41, 5.74) is 8.37. The molecule has 0 radical (unpaired) electrons. The van der Waals surface area contributed by atoms with Crippen LogP contribution in [0.2, 0.25) is 0 Å². The molecule has 1 atom stereocenters. The number of nitrogens with one attached hydrogen (secondary N) is 1. The lowest BCUT2D eigenvalue weighted by Crippen LogP contribution is -2.06. The van der Waals surface area contributed by atoms with Crippen molar-refractivity contribution in [3.05, 3.63) is 64.2 Å². The zero-order chi connectivity index (χ0) is 13.4. The van der Waals surface area contributed by atoms with Crippen LogP contribution in [-0.2, 0) is 12.8 Å². The first-order valence-corrected chi connectivity index (χ1v) is 7.13. The van der Waals surface area contributed by atoms with Crippen molar-refractivity contribution in [1.82, 2.24) is 0 Å². The fraction of sp³-hybridized carbons (Fsp3) is 0.333. The van der Waals surface area contributed by atoms with Crippen LogP contribution in [0.4, 0.5) is 5.69 Å². The van der Waals surface area contributed by atoms with Crippen molar-refractivity contribution in [3.8, 4) is 0 Å². The molecule has 0 fully saturated rings. The third-order valence-corrected chi connectivity index (χ3v) is 4.36. The Morgan fingerprint density at radius 3 is 2.47 bits per heavy atom. The molecule has 0 aromatic heterocycles. The van der Waals surface area contributed by atoms with E-state index >= 15 is 0 Å². The molecule has 3 rings (SSSR count). The maximum Gasteiger partial charge on any atom is 0.0555 e. The minimum Gasteiger partial charge on any atom is -0.377 e. The van der Waals surface area contributed by atoms with E-state index in [0.29, 0.717) is 6.04 Å². The lowest BCUT2D eigenvalue weighted by Gasteiger charge is -2.13. The maximum absolute atomic E-state index is 3.70. The van der Waals surface area contributed by atoms with Crippen molar-refractivity contribution >= 4 is 5.69 Å². The summed E-state index contributed by atoms with van der Waals surface area (Å²) < 4.78 is 0. The summed E-state index contributed by atoms with van der Waals surface area (Å²) in [4.78, 5) is 0. The summed E-state index contributed by atoms with van der Waals surface area (Å²) >= 11 is 0. The Bertz CT molecular complexity index is 596. The highest BCUT2D eigenvalue weighted by atomic mass is 15.0. The number of rotatable bonds is 2.